The largest absolute Gasteiger partial charge is 0.393 e. The number of hydrogen-bond acceptors (Lipinski definition) is 3. The standard InChI is InChI=1S/C15H29N3OS.HI/c1-4-16-14(17-10-12-6-5-7-13(12)19)18-8-9-20-15(2,3)11-18;/h12-13,19H,4-11H2,1-3H3,(H,16,17);1H. The third-order valence-corrected chi connectivity index (χ3v) is 5.45. The topological polar surface area (TPSA) is 47.9 Å². The Morgan fingerprint density at radius 2 is 2.19 bits per heavy atom. The van der Waals surface area contributed by atoms with Crippen LogP contribution in [0.25, 0.3) is 0 Å². The molecule has 4 nitrogen and oxygen atoms in total. The average Bonchev–Trinajstić information content (AvgIpc) is 2.79. The monoisotopic (exact) mass is 427 g/mol. The van der Waals surface area contributed by atoms with Crippen molar-refractivity contribution in [3.05, 3.63) is 0 Å². The maximum Gasteiger partial charge on any atom is 0.193 e. The Hall–Kier alpha value is 0.310. The predicted molar refractivity (Wildman–Crippen MR) is 103 cm³/mol. The second kappa shape index (κ2) is 8.82. The summed E-state index contributed by atoms with van der Waals surface area (Å²) < 4.78 is 0.293. The lowest BCUT2D eigenvalue weighted by Crippen LogP contribution is -2.51. The highest BCUT2D eigenvalue weighted by Gasteiger charge is 2.29. The molecule has 2 rings (SSSR count). The van der Waals surface area contributed by atoms with E-state index in [9.17, 15) is 5.11 Å². The number of aliphatic imine (C=N–C) groups is 1. The highest BCUT2D eigenvalue weighted by Crippen LogP contribution is 2.30. The van der Waals surface area contributed by atoms with Crippen molar-refractivity contribution in [1.82, 2.24) is 10.2 Å². The summed E-state index contributed by atoms with van der Waals surface area (Å²) in [4.78, 5) is 7.17. The van der Waals surface area contributed by atoms with E-state index in [0.29, 0.717) is 10.7 Å². The maximum absolute atomic E-state index is 9.92. The van der Waals surface area contributed by atoms with E-state index in [2.05, 4.69) is 31.0 Å². The summed E-state index contributed by atoms with van der Waals surface area (Å²) in [6.07, 6.45) is 3.07. The molecule has 0 aromatic rings. The van der Waals surface area contributed by atoms with Crippen molar-refractivity contribution in [2.24, 2.45) is 10.9 Å². The predicted octanol–water partition coefficient (Wildman–Crippen LogP) is 2.56. The second-order valence-electron chi connectivity index (χ2n) is 6.48. The van der Waals surface area contributed by atoms with Crippen LogP contribution in [0.2, 0.25) is 0 Å². The number of nitrogens with zero attached hydrogens (tertiary/aromatic N) is 2. The van der Waals surface area contributed by atoms with Crippen molar-refractivity contribution >= 4 is 41.7 Å². The van der Waals surface area contributed by atoms with Gasteiger partial charge >= 0.3 is 0 Å². The number of thioether (sulfide) groups is 1. The van der Waals surface area contributed by atoms with Gasteiger partial charge in [-0.2, -0.15) is 11.8 Å². The summed E-state index contributed by atoms with van der Waals surface area (Å²) in [6, 6.07) is 0. The lowest BCUT2D eigenvalue weighted by atomic mass is 10.1. The zero-order chi connectivity index (χ0) is 14.6. The van der Waals surface area contributed by atoms with E-state index in [1.807, 2.05) is 11.8 Å². The van der Waals surface area contributed by atoms with Gasteiger partial charge in [0.2, 0.25) is 0 Å². The molecule has 1 aliphatic carbocycles. The number of halogens is 1. The molecule has 6 heteroatoms. The van der Waals surface area contributed by atoms with E-state index >= 15 is 0 Å². The van der Waals surface area contributed by atoms with Crippen LogP contribution in [0.3, 0.4) is 0 Å². The Balaban J connectivity index is 0.00000220. The van der Waals surface area contributed by atoms with E-state index in [1.54, 1.807) is 0 Å². The molecule has 2 unspecified atom stereocenters. The highest BCUT2D eigenvalue weighted by molar-refractivity contribution is 14.0. The van der Waals surface area contributed by atoms with Crippen molar-refractivity contribution < 1.29 is 5.11 Å². The lowest BCUT2D eigenvalue weighted by molar-refractivity contribution is 0.136. The summed E-state index contributed by atoms with van der Waals surface area (Å²) in [5.41, 5.74) is 0. The third kappa shape index (κ3) is 5.78. The molecule has 2 aliphatic rings. The number of guanidine groups is 1. The van der Waals surface area contributed by atoms with Gasteiger partial charge in [-0.3, -0.25) is 4.99 Å². The molecule has 0 aromatic heterocycles. The van der Waals surface area contributed by atoms with E-state index in [-0.39, 0.29) is 30.1 Å². The first kappa shape index (κ1) is 19.4. The first-order valence-electron chi connectivity index (χ1n) is 7.87. The molecule has 1 saturated heterocycles. The summed E-state index contributed by atoms with van der Waals surface area (Å²) in [5.74, 6) is 2.54. The molecule has 0 spiro atoms. The fourth-order valence-electron chi connectivity index (χ4n) is 3.06. The fourth-order valence-corrected chi connectivity index (χ4v) is 4.17. The smallest absolute Gasteiger partial charge is 0.193 e. The van der Waals surface area contributed by atoms with Crippen LogP contribution in [0.4, 0.5) is 0 Å². The minimum Gasteiger partial charge on any atom is -0.393 e. The molecule has 1 aliphatic heterocycles. The van der Waals surface area contributed by atoms with Crippen molar-refractivity contribution in [2.45, 2.75) is 50.9 Å². The van der Waals surface area contributed by atoms with E-state index in [1.165, 1.54) is 0 Å². The molecule has 21 heavy (non-hydrogen) atoms. The SMILES string of the molecule is CCNC(=NCC1CCCC1O)N1CCSC(C)(C)C1.I. The van der Waals surface area contributed by atoms with Gasteiger partial charge in [0.05, 0.1) is 6.10 Å². The number of rotatable bonds is 3. The van der Waals surface area contributed by atoms with Gasteiger partial charge in [-0.25, -0.2) is 0 Å². The quantitative estimate of drug-likeness (QED) is 0.413. The van der Waals surface area contributed by atoms with Gasteiger partial charge in [0, 0.05) is 42.6 Å². The third-order valence-electron chi connectivity index (χ3n) is 4.15. The van der Waals surface area contributed by atoms with Crippen molar-refractivity contribution in [1.29, 1.82) is 0 Å². The van der Waals surface area contributed by atoms with Gasteiger partial charge in [0.15, 0.2) is 5.96 Å². The Kier molecular flexibility index (Phi) is 8.13. The van der Waals surface area contributed by atoms with Gasteiger partial charge in [0.25, 0.3) is 0 Å². The molecular formula is C15H30IN3OS. The first-order chi connectivity index (χ1) is 9.52. The summed E-state index contributed by atoms with van der Waals surface area (Å²) in [6.45, 7) is 10.5. The second-order valence-corrected chi connectivity index (χ2v) is 8.28. The Labute approximate surface area is 150 Å². The van der Waals surface area contributed by atoms with Crippen LogP contribution >= 0.6 is 35.7 Å². The zero-order valence-electron chi connectivity index (χ0n) is 13.5. The van der Waals surface area contributed by atoms with Gasteiger partial charge in [-0.1, -0.05) is 6.42 Å². The van der Waals surface area contributed by atoms with E-state index in [4.69, 9.17) is 4.99 Å². The van der Waals surface area contributed by atoms with Crippen molar-refractivity contribution in [2.75, 3.05) is 31.9 Å². The van der Waals surface area contributed by atoms with Gasteiger partial charge in [0.1, 0.15) is 0 Å². The normalized spacial score (nSPS) is 29.1. The van der Waals surface area contributed by atoms with E-state index < -0.39 is 0 Å². The minimum absolute atomic E-state index is 0. The number of aliphatic hydroxyl groups excluding tert-OH is 1. The molecule has 1 saturated carbocycles. The number of nitrogens with one attached hydrogen (secondary N) is 1. The van der Waals surface area contributed by atoms with Crippen molar-refractivity contribution in [3.63, 3.8) is 0 Å². The number of aliphatic hydroxyl groups is 1. The molecule has 0 amide bonds. The molecule has 2 N–H and O–H groups in total. The van der Waals surface area contributed by atoms with Gasteiger partial charge in [-0.05, 0) is 33.6 Å². The molecular weight excluding hydrogens is 397 g/mol. The molecule has 2 atom stereocenters. The Morgan fingerprint density at radius 3 is 2.76 bits per heavy atom. The van der Waals surface area contributed by atoms with Crippen LogP contribution in [0.5, 0.6) is 0 Å². The zero-order valence-corrected chi connectivity index (χ0v) is 16.6. The first-order valence-corrected chi connectivity index (χ1v) is 8.85. The lowest BCUT2D eigenvalue weighted by Gasteiger charge is -2.39. The molecule has 0 bridgehead atoms. The van der Waals surface area contributed by atoms with E-state index in [0.717, 1.165) is 57.2 Å². The highest BCUT2D eigenvalue weighted by atomic mass is 127. The van der Waals surface area contributed by atoms with Crippen LogP contribution in [-0.2, 0) is 0 Å². The Bertz CT molecular complexity index is 352. The van der Waals surface area contributed by atoms with Crippen molar-refractivity contribution in [3.8, 4) is 0 Å². The van der Waals surface area contributed by atoms with Gasteiger partial charge in [-0.15, -0.1) is 24.0 Å². The maximum atomic E-state index is 9.92. The van der Waals surface area contributed by atoms with Crippen LogP contribution in [-0.4, -0.2) is 58.7 Å². The fraction of sp³-hybridized carbons (Fsp3) is 0.933. The molecule has 1 heterocycles. The summed E-state index contributed by atoms with van der Waals surface area (Å²) >= 11 is 2.04. The minimum atomic E-state index is -0.144. The number of hydrogen-bond donors (Lipinski definition) is 2. The van der Waals surface area contributed by atoms with Crippen LogP contribution in [0, 0.1) is 5.92 Å². The average molecular weight is 427 g/mol. The summed E-state index contributed by atoms with van der Waals surface area (Å²) in [5, 5.41) is 13.3. The van der Waals surface area contributed by atoms with Gasteiger partial charge < -0.3 is 15.3 Å². The summed E-state index contributed by atoms with van der Waals surface area (Å²) in [7, 11) is 0. The molecule has 0 radical (unpaired) electrons. The van der Waals surface area contributed by atoms with Crippen LogP contribution in [0.15, 0.2) is 4.99 Å². The molecule has 0 aromatic carbocycles. The molecule has 2 fully saturated rings. The molecule has 124 valence electrons. The van der Waals surface area contributed by atoms with Crippen LogP contribution < -0.4 is 5.32 Å². The van der Waals surface area contributed by atoms with Crippen LogP contribution in [0.1, 0.15) is 40.0 Å². The Morgan fingerprint density at radius 1 is 1.43 bits per heavy atom.